The van der Waals surface area contributed by atoms with Crippen LogP contribution < -0.4 is 0 Å². The van der Waals surface area contributed by atoms with Crippen LogP contribution in [0.5, 0.6) is 0 Å². The van der Waals surface area contributed by atoms with Gasteiger partial charge < -0.3 is 15.3 Å². The molecular formula is C20H30O5. The van der Waals surface area contributed by atoms with E-state index in [2.05, 4.69) is 13.5 Å². The Morgan fingerprint density at radius 1 is 1.28 bits per heavy atom. The fraction of sp³-hybridized carbons (Fsp3) is 0.700. The van der Waals surface area contributed by atoms with Gasteiger partial charge >= 0.3 is 11.9 Å². The van der Waals surface area contributed by atoms with Gasteiger partial charge in [-0.3, -0.25) is 4.79 Å². The van der Waals surface area contributed by atoms with Crippen LogP contribution in [0.15, 0.2) is 23.8 Å². The monoisotopic (exact) mass is 350 g/mol. The number of hydrogen-bond acceptors (Lipinski definition) is 3. The van der Waals surface area contributed by atoms with Gasteiger partial charge in [0.25, 0.3) is 0 Å². The maximum atomic E-state index is 12.0. The molecule has 5 nitrogen and oxygen atoms in total. The maximum Gasteiger partial charge on any atom is 0.328 e. The van der Waals surface area contributed by atoms with Gasteiger partial charge in [0.1, 0.15) is 0 Å². The van der Waals surface area contributed by atoms with Crippen molar-refractivity contribution in [3.8, 4) is 0 Å². The van der Waals surface area contributed by atoms with E-state index in [1.54, 1.807) is 13.8 Å². The van der Waals surface area contributed by atoms with Crippen LogP contribution in [-0.2, 0) is 9.59 Å². The molecule has 5 heteroatoms. The predicted octanol–water partition coefficient (Wildman–Crippen LogP) is 3.63. The summed E-state index contributed by atoms with van der Waals surface area (Å²) in [6.07, 6.45) is 4.42. The summed E-state index contributed by atoms with van der Waals surface area (Å²) in [6.45, 7) is 9.88. The van der Waals surface area contributed by atoms with Crippen molar-refractivity contribution in [2.75, 3.05) is 0 Å². The molecule has 0 unspecified atom stereocenters. The van der Waals surface area contributed by atoms with Crippen LogP contribution in [0, 0.1) is 22.7 Å². The second kappa shape index (κ2) is 6.94. The zero-order valence-corrected chi connectivity index (χ0v) is 15.4. The number of carboxylic acids is 2. The normalized spacial score (nSPS) is 39.0. The third kappa shape index (κ3) is 3.66. The van der Waals surface area contributed by atoms with Crippen LogP contribution in [0.1, 0.15) is 59.3 Å². The molecule has 0 amide bonds. The molecule has 3 N–H and O–H groups in total. The third-order valence-electron chi connectivity index (χ3n) is 6.63. The Labute approximate surface area is 149 Å². The zero-order valence-electron chi connectivity index (χ0n) is 15.4. The van der Waals surface area contributed by atoms with Crippen molar-refractivity contribution < 1.29 is 24.9 Å². The first-order valence-corrected chi connectivity index (χ1v) is 9.00. The van der Waals surface area contributed by atoms with E-state index in [-0.39, 0.29) is 17.3 Å². The lowest BCUT2D eigenvalue weighted by atomic mass is 9.46. The number of aliphatic carboxylic acids is 2. The lowest BCUT2D eigenvalue weighted by Gasteiger charge is -2.58. The highest BCUT2D eigenvalue weighted by atomic mass is 16.4. The molecule has 0 bridgehead atoms. The fourth-order valence-electron chi connectivity index (χ4n) is 5.51. The highest BCUT2D eigenvalue weighted by Crippen LogP contribution is 2.62. The molecule has 0 spiro atoms. The minimum atomic E-state index is -0.949. The molecule has 2 fully saturated rings. The highest BCUT2D eigenvalue weighted by molar-refractivity contribution is 5.80. The summed E-state index contributed by atoms with van der Waals surface area (Å²) in [5.41, 5.74) is 0.633. The van der Waals surface area contributed by atoms with Crippen LogP contribution in [-0.4, -0.2) is 33.4 Å². The second-order valence-electron chi connectivity index (χ2n) is 8.46. The molecule has 2 aliphatic carbocycles. The zero-order chi connectivity index (χ0) is 19.0. The van der Waals surface area contributed by atoms with E-state index in [0.717, 1.165) is 30.4 Å². The summed E-state index contributed by atoms with van der Waals surface area (Å²) < 4.78 is 0. The Morgan fingerprint density at radius 3 is 2.48 bits per heavy atom. The largest absolute Gasteiger partial charge is 0.481 e. The van der Waals surface area contributed by atoms with Gasteiger partial charge in [-0.1, -0.05) is 24.6 Å². The minimum Gasteiger partial charge on any atom is -0.481 e. The summed E-state index contributed by atoms with van der Waals surface area (Å²) in [7, 11) is 0. The van der Waals surface area contributed by atoms with E-state index in [1.165, 1.54) is 6.08 Å². The number of allylic oxidation sites excluding steroid dienone is 2. The van der Waals surface area contributed by atoms with Gasteiger partial charge in [-0.2, -0.15) is 0 Å². The number of carbonyl (C=O) groups is 2. The first kappa shape index (κ1) is 19.7. The number of aliphatic hydroxyl groups excluding tert-OH is 1. The summed E-state index contributed by atoms with van der Waals surface area (Å²) in [6, 6.07) is 0. The van der Waals surface area contributed by atoms with Crippen molar-refractivity contribution in [1.82, 2.24) is 0 Å². The van der Waals surface area contributed by atoms with Crippen LogP contribution in [0.2, 0.25) is 0 Å². The summed E-state index contributed by atoms with van der Waals surface area (Å²) in [4.78, 5) is 22.8. The molecule has 0 aromatic rings. The molecule has 2 rings (SSSR count). The van der Waals surface area contributed by atoms with Crippen LogP contribution >= 0.6 is 0 Å². The van der Waals surface area contributed by atoms with Gasteiger partial charge in [-0.05, 0) is 69.6 Å². The van der Waals surface area contributed by atoms with Crippen molar-refractivity contribution in [1.29, 1.82) is 0 Å². The first-order chi connectivity index (χ1) is 11.5. The summed E-state index contributed by atoms with van der Waals surface area (Å²) in [5.74, 6) is -1.71. The van der Waals surface area contributed by atoms with Crippen molar-refractivity contribution >= 4 is 11.9 Å². The van der Waals surface area contributed by atoms with Gasteiger partial charge in [-0.25, -0.2) is 4.79 Å². The number of hydrogen-bond donors (Lipinski definition) is 3. The molecule has 25 heavy (non-hydrogen) atoms. The molecule has 2 aliphatic rings. The van der Waals surface area contributed by atoms with Gasteiger partial charge in [-0.15, -0.1) is 0 Å². The van der Waals surface area contributed by atoms with Crippen LogP contribution in [0.4, 0.5) is 0 Å². The summed E-state index contributed by atoms with van der Waals surface area (Å²) in [5, 5.41) is 29.1. The van der Waals surface area contributed by atoms with Gasteiger partial charge in [0.05, 0.1) is 11.5 Å². The predicted molar refractivity (Wildman–Crippen MR) is 95.1 cm³/mol. The van der Waals surface area contributed by atoms with Crippen LogP contribution in [0.25, 0.3) is 0 Å². The highest BCUT2D eigenvalue weighted by Gasteiger charge is 2.59. The average molecular weight is 350 g/mol. The molecule has 0 heterocycles. The quantitative estimate of drug-likeness (QED) is 0.520. The molecule has 0 saturated heterocycles. The Kier molecular flexibility index (Phi) is 5.47. The Hall–Kier alpha value is -1.62. The number of aliphatic hydroxyl groups is 1. The molecule has 2 saturated carbocycles. The average Bonchev–Trinajstić information content (AvgIpc) is 2.44. The van der Waals surface area contributed by atoms with E-state index in [4.69, 9.17) is 5.11 Å². The van der Waals surface area contributed by atoms with E-state index in [1.807, 2.05) is 0 Å². The Morgan fingerprint density at radius 2 is 1.92 bits per heavy atom. The lowest BCUT2D eigenvalue weighted by molar-refractivity contribution is -0.173. The number of rotatable bonds is 5. The first-order valence-electron chi connectivity index (χ1n) is 9.00. The molecule has 0 aromatic carbocycles. The third-order valence-corrected chi connectivity index (χ3v) is 6.63. The Balaban J connectivity index is 2.31. The number of carboxylic acid groups (broad SMARTS) is 2. The van der Waals surface area contributed by atoms with Crippen molar-refractivity contribution in [3.63, 3.8) is 0 Å². The minimum absolute atomic E-state index is 0.0137. The molecule has 0 radical (unpaired) electrons. The van der Waals surface area contributed by atoms with E-state index in [0.29, 0.717) is 19.3 Å². The van der Waals surface area contributed by atoms with E-state index in [9.17, 15) is 19.8 Å². The van der Waals surface area contributed by atoms with Crippen molar-refractivity contribution in [2.24, 2.45) is 22.7 Å². The standard InChI is InChI=1S/C20H30O5/c1-12(9-17(22)23)5-7-15-13(2)6-8-16-19(15,3)10-14(21)11-20(16,4)18(24)25/h9,14-16,21H,2,5-8,10-11H2,1,3-4H3,(H,22,23)(H,24,25)/b12-9+/t14-,15+,16-,19+,20+/m0/s1. The van der Waals surface area contributed by atoms with Crippen molar-refractivity contribution in [2.45, 2.75) is 65.4 Å². The smallest absolute Gasteiger partial charge is 0.328 e. The fourth-order valence-corrected chi connectivity index (χ4v) is 5.51. The summed E-state index contributed by atoms with van der Waals surface area (Å²) >= 11 is 0. The molecule has 140 valence electrons. The molecule has 5 atom stereocenters. The SMILES string of the molecule is C=C1CC[C@H]2[C@](C)(C[C@H](O)C[C@@]2(C)C(=O)O)[C@@H]1CC/C(C)=C/C(=O)O. The molecular weight excluding hydrogens is 320 g/mol. The van der Waals surface area contributed by atoms with Gasteiger partial charge in [0, 0.05) is 6.08 Å². The maximum absolute atomic E-state index is 12.0. The van der Waals surface area contributed by atoms with E-state index >= 15 is 0 Å². The van der Waals surface area contributed by atoms with E-state index < -0.39 is 23.5 Å². The number of fused-ring (bicyclic) bond motifs is 1. The molecule has 0 aliphatic heterocycles. The molecule has 0 aromatic heterocycles. The van der Waals surface area contributed by atoms with Gasteiger partial charge in [0.2, 0.25) is 0 Å². The lowest BCUT2D eigenvalue weighted by Crippen LogP contribution is -2.56. The van der Waals surface area contributed by atoms with Crippen LogP contribution in [0.3, 0.4) is 0 Å². The van der Waals surface area contributed by atoms with Gasteiger partial charge in [0.15, 0.2) is 0 Å². The Bertz CT molecular complexity index is 607. The topological polar surface area (TPSA) is 94.8 Å². The van der Waals surface area contributed by atoms with Crippen molar-refractivity contribution in [3.05, 3.63) is 23.8 Å². The second-order valence-corrected chi connectivity index (χ2v) is 8.46.